The van der Waals surface area contributed by atoms with Gasteiger partial charge < -0.3 is 10.1 Å². The summed E-state index contributed by atoms with van der Waals surface area (Å²) in [7, 11) is 0. The Morgan fingerprint density at radius 1 is 1.45 bits per heavy atom. The van der Waals surface area contributed by atoms with E-state index in [4.69, 9.17) is 16.3 Å². The largest absolute Gasteiger partial charge is 0.492 e. The Balaban J connectivity index is 2.26. The van der Waals surface area contributed by atoms with Gasteiger partial charge in [-0.1, -0.05) is 11.6 Å². The molecule has 0 saturated heterocycles. The molecule has 0 spiro atoms. The maximum Gasteiger partial charge on any atom is 0.257 e. The Hall–Kier alpha value is -2.14. The van der Waals surface area contributed by atoms with E-state index in [9.17, 15) is 9.18 Å². The number of halogens is 2. The zero-order chi connectivity index (χ0) is 14.5. The van der Waals surface area contributed by atoms with Crippen molar-refractivity contribution in [2.75, 3.05) is 11.9 Å². The van der Waals surface area contributed by atoms with Gasteiger partial charge in [0.15, 0.2) is 0 Å². The molecule has 0 aliphatic carbocycles. The summed E-state index contributed by atoms with van der Waals surface area (Å²) in [6, 6.07) is 5.40. The van der Waals surface area contributed by atoms with Crippen LogP contribution in [0.3, 0.4) is 0 Å². The lowest BCUT2D eigenvalue weighted by atomic mass is 10.2. The first kappa shape index (κ1) is 14.3. The van der Waals surface area contributed by atoms with Crippen LogP contribution in [0.1, 0.15) is 17.3 Å². The van der Waals surface area contributed by atoms with Gasteiger partial charge in [-0.25, -0.2) is 4.39 Å². The first-order chi connectivity index (χ1) is 9.61. The highest BCUT2D eigenvalue weighted by molar-refractivity contribution is 6.34. The molecule has 2 rings (SSSR count). The van der Waals surface area contributed by atoms with Crippen LogP contribution in [0.5, 0.6) is 5.75 Å². The first-order valence-corrected chi connectivity index (χ1v) is 6.33. The predicted molar refractivity (Wildman–Crippen MR) is 74.8 cm³/mol. The van der Waals surface area contributed by atoms with Crippen LogP contribution in [0.4, 0.5) is 10.1 Å². The summed E-state index contributed by atoms with van der Waals surface area (Å²) >= 11 is 5.90. The van der Waals surface area contributed by atoms with Crippen molar-refractivity contribution in [2.45, 2.75) is 6.92 Å². The Morgan fingerprint density at radius 3 is 2.95 bits per heavy atom. The highest BCUT2D eigenvalue weighted by Gasteiger charge is 2.13. The van der Waals surface area contributed by atoms with Crippen molar-refractivity contribution in [1.82, 2.24) is 4.98 Å². The van der Waals surface area contributed by atoms with E-state index in [2.05, 4.69) is 10.3 Å². The van der Waals surface area contributed by atoms with Crippen LogP contribution in [0, 0.1) is 5.82 Å². The average Bonchev–Trinajstić information content (AvgIpc) is 2.42. The number of ether oxygens (including phenoxy) is 1. The molecule has 0 unspecified atom stereocenters. The average molecular weight is 295 g/mol. The van der Waals surface area contributed by atoms with Crippen molar-refractivity contribution in [3.63, 3.8) is 0 Å². The summed E-state index contributed by atoms with van der Waals surface area (Å²) in [5.41, 5.74) is 0.666. The maximum atomic E-state index is 13.2. The minimum absolute atomic E-state index is 0.241. The summed E-state index contributed by atoms with van der Waals surface area (Å²) in [6.07, 6.45) is 2.85. The van der Waals surface area contributed by atoms with Gasteiger partial charge in [-0.2, -0.15) is 0 Å². The number of anilines is 1. The summed E-state index contributed by atoms with van der Waals surface area (Å²) in [5.74, 6) is -0.579. The van der Waals surface area contributed by atoms with Crippen LogP contribution >= 0.6 is 11.6 Å². The minimum Gasteiger partial charge on any atom is -0.492 e. The Labute approximate surface area is 120 Å². The fraction of sp³-hybridized carbons (Fsp3) is 0.143. The van der Waals surface area contributed by atoms with Crippen LogP contribution in [-0.2, 0) is 0 Å². The van der Waals surface area contributed by atoms with Crippen LogP contribution in [0.15, 0.2) is 36.7 Å². The number of benzene rings is 1. The fourth-order valence-electron chi connectivity index (χ4n) is 1.62. The molecule has 0 radical (unpaired) electrons. The highest BCUT2D eigenvalue weighted by Crippen LogP contribution is 2.26. The zero-order valence-electron chi connectivity index (χ0n) is 10.7. The number of hydrogen-bond donors (Lipinski definition) is 1. The highest BCUT2D eigenvalue weighted by atomic mass is 35.5. The summed E-state index contributed by atoms with van der Waals surface area (Å²) in [5, 5.41) is 2.88. The van der Waals surface area contributed by atoms with Crippen LogP contribution in [-0.4, -0.2) is 17.5 Å². The van der Waals surface area contributed by atoms with Crippen LogP contribution < -0.4 is 10.1 Å². The van der Waals surface area contributed by atoms with Crippen molar-refractivity contribution < 1.29 is 13.9 Å². The van der Waals surface area contributed by atoms with Gasteiger partial charge in [-0.3, -0.25) is 9.78 Å². The third-order valence-electron chi connectivity index (χ3n) is 2.51. The molecule has 6 heteroatoms. The molecular formula is C14H12ClFN2O2. The topological polar surface area (TPSA) is 51.2 Å². The van der Waals surface area contributed by atoms with Crippen molar-refractivity contribution in [3.05, 3.63) is 53.1 Å². The first-order valence-electron chi connectivity index (χ1n) is 5.95. The smallest absolute Gasteiger partial charge is 0.257 e. The van der Waals surface area contributed by atoms with E-state index in [1.165, 1.54) is 36.7 Å². The van der Waals surface area contributed by atoms with Crippen molar-refractivity contribution in [1.29, 1.82) is 0 Å². The number of hydrogen-bond acceptors (Lipinski definition) is 3. The number of amides is 1. The van der Waals surface area contributed by atoms with Gasteiger partial charge in [0.1, 0.15) is 11.6 Å². The molecule has 0 aliphatic rings. The number of carbonyl (C=O) groups excluding carboxylic acids is 1. The lowest BCUT2D eigenvalue weighted by Gasteiger charge is -2.12. The van der Waals surface area contributed by atoms with Gasteiger partial charge in [0.25, 0.3) is 5.91 Å². The van der Waals surface area contributed by atoms with Gasteiger partial charge in [0.2, 0.25) is 0 Å². The van der Waals surface area contributed by atoms with Crippen molar-refractivity contribution in [3.8, 4) is 5.75 Å². The number of nitrogens with one attached hydrogen (secondary N) is 1. The minimum atomic E-state index is -0.437. The third-order valence-corrected chi connectivity index (χ3v) is 2.81. The predicted octanol–water partition coefficient (Wildman–Crippen LogP) is 3.53. The van der Waals surface area contributed by atoms with E-state index in [1.54, 1.807) is 6.92 Å². The summed E-state index contributed by atoms with van der Waals surface area (Å²) in [4.78, 5) is 15.9. The number of aromatic nitrogens is 1. The molecule has 2 aromatic rings. The maximum absolute atomic E-state index is 13.2. The van der Waals surface area contributed by atoms with Gasteiger partial charge in [0.05, 0.1) is 22.9 Å². The Morgan fingerprint density at radius 2 is 2.25 bits per heavy atom. The molecule has 0 aliphatic heterocycles. The molecule has 1 amide bonds. The second kappa shape index (κ2) is 6.34. The quantitative estimate of drug-likeness (QED) is 0.938. The molecule has 4 nitrogen and oxygen atoms in total. The molecule has 0 fully saturated rings. The third kappa shape index (κ3) is 3.24. The molecule has 0 bridgehead atoms. The van der Waals surface area contributed by atoms with E-state index in [0.717, 1.165) is 0 Å². The van der Waals surface area contributed by atoms with E-state index in [-0.39, 0.29) is 16.3 Å². The standard InChI is InChI=1S/C14H12ClFN2O2/c1-2-20-13-7-9(16)3-4-12(13)18-14(19)10-5-6-17-8-11(10)15/h3-8H,2H2,1H3,(H,18,19). The number of pyridine rings is 1. The SMILES string of the molecule is CCOc1cc(F)ccc1NC(=O)c1ccncc1Cl. The number of carbonyl (C=O) groups is 1. The monoisotopic (exact) mass is 294 g/mol. The number of nitrogens with zero attached hydrogens (tertiary/aromatic N) is 1. The fourth-order valence-corrected chi connectivity index (χ4v) is 1.83. The molecule has 0 saturated carbocycles. The van der Waals surface area contributed by atoms with Gasteiger partial charge in [-0.15, -0.1) is 0 Å². The van der Waals surface area contributed by atoms with Crippen LogP contribution in [0.2, 0.25) is 5.02 Å². The van der Waals surface area contributed by atoms with E-state index < -0.39 is 11.7 Å². The molecule has 104 valence electrons. The molecule has 1 aromatic carbocycles. The molecule has 1 aromatic heterocycles. The Bertz CT molecular complexity index is 634. The second-order valence-electron chi connectivity index (χ2n) is 3.88. The normalized spacial score (nSPS) is 10.2. The van der Waals surface area contributed by atoms with Crippen molar-refractivity contribution >= 4 is 23.2 Å². The van der Waals surface area contributed by atoms with E-state index >= 15 is 0 Å². The lowest BCUT2D eigenvalue weighted by molar-refractivity contribution is 0.102. The van der Waals surface area contributed by atoms with E-state index in [1.807, 2.05) is 0 Å². The molecular weight excluding hydrogens is 283 g/mol. The Kier molecular flexibility index (Phi) is 4.53. The molecule has 1 heterocycles. The van der Waals surface area contributed by atoms with Gasteiger partial charge >= 0.3 is 0 Å². The summed E-state index contributed by atoms with van der Waals surface area (Å²) < 4.78 is 18.5. The lowest BCUT2D eigenvalue weighted by Crippen LogP contribution is -2.13. The molecule has 20 heavy (non-hydrogen) atoms. The zero-order valence-corrected chi connectivity index (χ0v) is 11.4. The summed E-state index contributed by atoms with van der Waals surface area (Å²) in [6.45, 7) is 2.14. The molecule has 0 atom stereocenters. The van der Waals surface area contributed by atoms with Gasteiger partial charge in [0, 0.05) is 18.5 Å². The van der Waals surface area contributed by atoms with Crippen molar-refractivity contribution in [2.24, 2.45) is 0 Å². The van der Waals surface area contributed by atoms with Crippen LogP contribution in [0.25, 0.3) is 0 Å². The van der Waals surface area contributed by atoms with Gasteiger partial charge in [-0.05, 0) is 25.1 Å². The van der Waals surface area contributed by atoms with E-state index in [0.29, 0.717) is 12.3 Å². The number of rotatable bonds is 4. The molecule has 1 N–H and O–H groups in total. The second-order valence-corrected chi connectivity index (χ2v) is 4.29.